The minimum atomic E-state index is -0.864. The van der Waals surface area contributed by atoms with Crippen LogP contribution in [0.25, 0.3) is 0 Å². The summed E-state index contributed by atoms with van der Waals surface area (Å²) < 4.78 is 5.29. The highest BCUT2D eigenvalue weighted by molar-refractivity contribution is 7.17. The summed E-state index contributed by atoms with van der Waals surface area (Å²) in [5.74, 6) is -0.864. The van der Waals surface area contributed by atoms with Gasteiger partial charge in [0.25, 0.3) is 0 Å². The first kappa shape index (κ1) is 13.0. The number of rotatable bonds is 7. The van der Waals surface area contributed by atoms with E-state index in [0.717, 1.165) is 18.1 Å². The molecule has 5 heteroatoms. The van der Waals surface area contributed by atoms with Crippen LogP contribution in [0.15, 0.2) is 12.1 Å². The van der Waals surface area contributed by atoms with E-state index in [1.165, 1.54) is 11.3 Å². The van der Waals surface area contributed by atoms with Crippen molar-refractivity contribution < 1.29 is 14.6 Å². The molecule has 0 spiro atoms. The molecule has 16 heavy (non-hydrogen) atoms. The summed E-state index contributed by atoms with van der Waals surface area (Å²) in [6, 6.07) is 3.50. The zero-order valence-corrected chi connectivity index (χ0v) is 10.4. The standard InChI is InChI=1S/C11H17NO3S/c1-3-12(7-8-15-4-2)10-6-5-9(16-10)11(13)14/h5-6H,3-4,7-8H2,1-2H3,(H,13,14). The van der Waals surface area contributed by atoms with E-state index < -0.39 is 5.97 Å². The third-order valence-electron chi connectivity index (χ3n) is 2.21. The number of carboxylic acid groups (broad SMARTS) is 1. The molecule has 4 nitrogen and oxygen atoms in total. The van der Waals surface area contributed by atoms with Crippen LogP contribution in [0.4, 0.5) is 5.00 Å². The number of hydrogen-bond donors (Lipinski definition) is 1. The van der Waals surface area contributed by atoms with Gasteiger partial charge >= 0.3 is 5.97 Å². The molecule has 0 aromatic carbocycles. The average Bonchev–Trinajstić information content (AvgIpc) is 2.74. The van der Waals surface area contributed by atoms with Gasteiger partial charge in [0.1, 0.15) is 4.88 Å². The van der Waals surface area contributed by atoms with Gasteiger partial charge in [0, 0.05) is 19.7 Å². The molecule has 0 bridgehead atoms. The number of ether oxygens (including phenoxy) is 1. The second-order valence-corrected chi connectivity index (χ2v) is 4.28. The van der Waals surface area contributed by atoms with E-state index in [1.807, 2.05) is 19.9 Å². The second-order valence-electron chi connectivity index (χ2n) is 3.22. The Bertz CT molecular complexity index is 338. The van der Waals surface area contributed by atoms with Crippen LogP contribution in [0, 0.1) is 0 Å². The van der Waals surface area contributed by atoms with Crippen molar-refractivity contribution in [1.82, 2.24) is 0 Å². The molecule has 0 radical (unpaired) electrons. The highest BCUT2D eigenvalue weighted by atomic mass is 32.1. The summed E-state index contributed by atoms with van der Waals surface area (Å²) in [4.78, 5) is 13.3. The quantitative estimate of drug-likeness (QED) is 0.747. The van der Waals surface area contributed by atoms with Crippen molar-refractivity contribution in [3.05, 3.63) is 17.0 Å². The summed E-state index contributed by atoms with van der Waals surface area (Å²) in [5, 5.41) is 9.82. The molecule has 0 unspecified atom stereocenters. The SMILES string of the molecule is CCOCCN(CC)c1ccc(C(=O)O)s1. The van der Waals surface area contributed by atoms with Crippen molar-refractivity contribution >= 4 is 22.3 Å². The predicted molar refractivity (Wildman–Crippen MR) is 65.7 cm³/mol. The summed E-state index contributed by atoms with van der Waals surface area (Å²) in [5.41, 5.74) is 0. The van der Waals surface area contributed by atoms with E-state index in [0.29, 0.717) is 18.1 Å². The minimum Gasteiger partial charge on any atom is -0.477 e. The number of thiophene rings is 1. The fourth-order valence-corrected chi connectivity index (χ4v) is 2.29. The number of aromatic carboxylic acids is 1. The van der Waals surface area contributed by atoms with Crippen molar-refractivity contribution in [1.29, 1.82) is 0 Å². The fourth-order valence-electron chi connectivity index (χ4n) is 1.36. The van der Waals surface area contributed by atoms with Gasteiger partial charge in [0.2, 0.25) is 0 Å². The van der Waals surface area contributed by atoms with Gasteiger partial charge in [0.15, 0.2) is 0 Å². The molecule has 1 rings (SSSR count). The van der Waals surface area contributed by atoms with E-state index in [1.54, 1.807) is 6.07 Å². The first-order valence-electron chi connectivity index (χ1n) is 5.34. The minimum absolute atomic E-state index is 0.379. The van der Waals surface area contributed by atoms with Gasteiger partial charge in [-0.25, -0.2) is 4.79 Å². The number of carboxylic acids is 1. The molecule has 0 aliphatic carbocycles. The highest BCUT2D eigenvalue weighted by Crippen LogP contribution is 2.25. The lowest BCUT2D eigenvalue weighted by atomic mass is 10.4. The molecular formula is C11H17NO3S. The summed E-state index contributed by atoms with van der Waals surface area (Å²) in [6.45, 7) is 7.04. The summed E-state index contributed by atoms with van der Waals surface area (Å²) in [7, 11) is 0. The van der Waals surface area contributed by atoms with Crippen molar-refractivity contribution in [2.75, 3.05) is 31.2 Å². The van der Waals surface area contributed by atoms with E-state index in [4.69, 9.17) is 9.84 Å². The average molecular weight is 243 g/mol. The zero-order valence-electron chi connectivity index (χ0n) is 9.60. The molecule has 1 aromatic rings. The lowest BCUT2D eigenvalue weighted by molar-refractivity contribution is 0.0702. The Hall–Kier alpha value is -1.07. The van der Waals surface area contributed by atoms with E-state index >= 15 is 0 Å². The monoisotopic (exact) mass is 243 g/mol. The first-order chi connectivity index (χ1) is 7.69. The van der Waals surface area contributed by atoms with E-state index in [9.17, 15) is 4.79 Å². The highest BCUT2D eigenvalue weighted by Gasteiger charge is 2.11. The van der Waals surface area contributed by atoms with Crippen molar-refractivity contribution in [2.45, 2.75) is 13.8 Å². The molecule has 0 saturated carbocycles. The van der Waals surface area contributed by atoms with Crippen LogP contribution in [0.5, 0.6) is 0 Å². The Kier molecular flexibility index (Phi) is 5.28. The third-order valence-corrected chi connectivity index (χ3v) is 3.34. The number of likely N-dealkylation sites (N-methyl/N-ethyl adjacent to an activating group) is 1. The Balaban J connectivity index is 2.60. The van der Waals surface area contributed by atoms with Gasteiger partial charge in [-0.15, -0.1) is 11.3 Å². The Labute approximate surface area is 99.5 Å². The Morgan fingerprint density at radius 2 is 2.25 bits per heavy atom. The van der Waals surface area contributed by atoms with Gasteiger partial charge in [-0.1, -0.05) is 0 Å². The maximum atomic E-state index is 10.8. The molecule has 0 aliphatic heterocycles. The molecule has 0 saturated heterocycles. The van der Waals surface area contributed by atoms with Gasteiger partial charge < -0.3 is 14.7 Å². The molecular weight excluding hydrogens is 226 g/mol. The molecule has 0 atom stereocenters. The fraction of sp³-hybridized carbons (Fsp3) is 0.545. The van der Waals surface area contributed by atoms with Crippen LogP contribution in [0.1, 0.15) is 23.5 Å². The van der Waals surface area contributed by atoms with Crippen LogP contribution < -0.4 is 4.90 Å². The van der Waals surface area contributed by atoms with Gasteiger partial charge in [-0.3, -0.25) is 0 Å². The van der Waals surface area contributed by atoms with Crippen molar-refractivity contribution in [2.24, 2.45) is 0 Å². The van der Waals surface area contributed by atoms with Crippen molar-refractivity contribution in [3.63, 3.8) is 0 Å². The summed E-state index contributed by atoms with van der Waals surface area (Å²) >= 11 is 1.30. The normalized spacial score (nSPS) is 10.4. The molecule has 0 amide bonds. The lowest BCUT2D eigenvalue weighted by Gasteiger charge is -2.20. The number of anilines is 1. The van der Waals surface area contributed by atoms with Gasteiger partial charge in [-0.2, -0.15) is 0 Å². The van der Waals surface area contributed by atoms with Gasteiger partial charge in [0.05, 0.1) is 11.6 Å². The van der Waals surface area contributed by atoms with Crippen LogP contribution in [-0.2, 0) is 4.74 Å². The van der Waals surface area contributed by atoms with Crippen LogP contribution in [0.2, 0.25) is 0 Å². The molecule has 0 fully saturated rings. The van der Waals surface area contributed by atoms with E-state index in [-0.39, 0.29) is 0 Å². The molecule has 90 valence electrons. The van der Waals surface area contributed by atoms with E-state index in [2.05, 4.69) is 4.90 Å². The van der Waals surface area contributed by atoms with Crippen LogP contribution >= 0.6 is 11.3 Å². The number of hydrogen-bond acceptors (Lipinski definition) is 4. The molecule has 1 heterocycles. The van der Waals surface area contributed by atoms with Crippen LogP contribution in [0.3, 0.4) is 0 Å². The van der Waals surface area contributed by atoms with Crippen LogP contribution in [-0.4, -0.2) is 37.4 Å². The van der Waals surface area contributed by atoms with Crippen molar-refractivity contribution in [3.8, 4) is 0 Å². The second kappa shape index (κ2) is 6.50. The molecule has 1 N–H and O–H groups in total. The summed E-state index contributed by atoms with van der Waals surface area (Å²) in [6.07, 6.45) is 0. The van der Waals surface area contributed by atoms with Gasteiger partial charge in [-0.05, 0) is 26.0 Å². The predicted octanol–water partition coefficient (Wildman–Crippen LogP) is 2.31. The number of carbonyl (C=O) groups is 1. The topological polar surface area (TPSA) is 49.8 Å². The maximum absolute atomic E-state index is 10.8. The maximum Gasteiger partial charge on any atom is 0.345 e. The Morgan fingerprint density at radius 1 is 1.50 bits per heavy atom. The third kappa shape index (κ3) is 3.50. The molecule has 0 aliphatic rings. The largest absolute Gasteiger partial charge is 0.477 e. The smallest absolute Gasteiger partial charge is 0.345 e. The Morgan fingerprint density at radius 3 is 2.75 bits per heavy atom. The number of nitrogens with zero attached hydrogens (tertiary/aromatic N) is 1. The lowest BCUT2D eigenvalue weighted by Crippen LogP contribution is -2.26. The first-order valence-corrected chi connectivity index (χ1v) is 6.16. The zero-order chi connectivity index (χ0) is 12.0. The molecule has 1 aromatic heterocycles.